The Balaban J connectivity index is 1.11. The minimum Gasteiger partial charge on any atom is -0.456 e. The normalized spacial score (nSPS) is 13.0. The van der Waals surface area contributed by atoms with Crippen LogP contribution >= 0.6 is 0 Å². The van der Waals surface area contributed by atoms with Crippen molar-refractivity contribution in [1.82, 2.24) is 0 Å². The van der Waals surface area contributed by atoms with Gasteiger partial charge in [0, 0.05) is 67.6 Å². The lowest BCUT2D eigenvalue weighted by Crippen LogP contribution is -2.61. The molecule has 0 fully saturated rings. The molecule has 2 aliphatic rings. The van der Waals surface area contributed by atoms with Crippen LogP contribution in [0.2, 0.25) is 0 Å². The zero-order valence-corrected chi connectivity index (χ0v) is 36.2. The largest absolute Gasteiger partial charge is 0.456 e. The Morgan fingerprint density at radius 2 is 0.687 bits per heavy atom. The van der Waals surface area contributed by atoms with Crippen molar-refractivity contribution in [3.63, 3.8) is 0 Å². The average Bonchev–Trinajstić information content (AvgIpc) is 3.94. The van der Waals surface area contributed by atoms with Crippen LogP contribution in [-0.4, -0.2) is 6.71 Å². The van der Waals surface area contributed by atoms with E-state index in [0.29, 0.717) is 0 Å². The smallest absolute Gasteiger partial charge is 0.252 e. The molecule has 0 spiro atoms. The molecule has 0 saturated carbocycles. The van der Waals surface area contributed by atoms with Gasteiger partial charge in [-0.1, -0.05) is 164 Å². The predicted octanol–water partition coefficient (Wildman–Crippen LogP) is 15.2. The van der Waals surface area contributed by atoms with E-state index >= 15 is 0 Å². The molecule has 310 valence electrons. The number of hydrogen-bond donors (Lipinski definition) is 0. The third kappa shape index (κ3) is 5.31. The minimum atomic E-state index is -0.138. The number of fused-ring (bicyclic) bond motifs is 12. The zero-order valence-electron chi connectivity index (χ0n) is 36.2. The SMILES string of the molecule is c1ccc(-c2cc3ccccc3cc2N2c3cc4oc5ccccc5c4cc3B3c4cc5c(cc4N(c4cc6ccccc6cc4-c4ccccc4)c4cccc2c43)oc2ccccc25)cc1. The maximum atomic E-state index is 6.77. The number of rotatable bonds is 4. The predicted molar refractivity (Wildman–Crippen MR) is 281 cm³/mol. The maximum Gasteiger partial charge on any atom is 0.252 e. The van der Waals surface area contributed by atoms with Gasteiger partial charge in [-0.3, -0.25) is 0 Å². The van der Waals surface area contributed by atoms with Crippen LogP contribution in [0.1, 0.15) is 0 Å². The van der Waals surface area contributed by atoms with Gasteiger partial charge < -0.3 is 18.6 Å². The molecule has 4 heterocycles. The van der Waals surface area contributed by atoms with Crippen LogP contribution in [0, 0.1) is 0 Å². The number of anilines is 6. The molecule has 2 aliphatic heterocycles. The van der Waals surface area contributed by atoms with Gasteiger partial charge in [0.1, 0.15) is 22.3 Å². The summed E-state index contributed by atoms with van der Waals surface area (Å²) in [5.41, 5.74) is 18.5. The molecule has 11 aromatic carbocycles. The van der Waals surface area contributed by atoms with Crippen LogP contribution in [0.25, 0.3) is 87.7 Å². The summed E-state index contributed by atoms with van der Waals surface area (Å²) in [6, 6.07) is 81.9. The van der Waals surface area contributed by atoms with Gasteiger partial charge in [0.05, 0.1) is 11.4 Å². The van der Waals surface area contributed by atoms with Crippen LogP contribution < -0.4 is 26.2 Å². The Hall–Kier alpha value is -8.80. The van der Waals surface area contributed by atoms with E-state index in [-0.39, 0.29) is 6.71 Å². The monoisotopic (exact) mass is 852 g/mol. The molecule has 15 rings (SSSR count). The molecule has 13 aromatic rings. The van der Waals surface area contributed by atoms with Gasteiger partial charge in [0.15, 0.2) is 0 Å². The van der Waals surface area contributed by atoms with E-state index in [9.17, 15) is 0 Å². The first kappa shape index (κ1) is 36.5. The van der Waals surface area contributed by atoms with Crippen LogP contribution in [0.5, 0.6) is 0 Å². The van der Waals surface area contributed by atoms with Gasteiger partial charge >= 0.3 is 0 Å². The van der Waals surface area contributed by atoms with Crippen molar-refractivity contribution in [2.45, 2.75) is 0 Å². The van der Waals surface area contributed by atoms with E-state index in [1.165, 1.54) is 37.9 Å². The molecular weight excluding hydrogens is 816 g/mol. The van der Waals surface area contributed by atoms with Crippen LogP contribution in [0.3, 0.4) is 0 Å². The van der Waals surface area contributed by atoms with Gasteiger partial charge in [-0.15, -0.1) is 0 Å². The highest BCUT2D eigenvalue weighted by atomic mass is 16.3. The Morgan fingerprint density at radius 1 is 0.284 bits per heavy atom. The molecule has 0 amide bonds. The minimum absolute atomic E-state index is 0.138. The molecule has 0 saturated heterocycles. The molecule has 5 heteroatoms. The molecule has 67 heavy (non-hydrogen) atoms. The molecule has 0 radical (unpaired) electrons. The number of benzene rings is 11. The fraction of sp³-hybridized carbons (Fsp3) is 0. The highest BCUT2D eigenvalue weighted by Crippen LogP contribution is 2.51. The lowest BCUT2D eigenvalue weighted by Gasteiger charge is -2.44. The quantitative estimate of drug-likeness (QED) is 0.165. The van der Waals surface area contributed by atoms with Gasteiger partial charge in [0.2, 0.25) is 0 Å². The summed E-state index contributed by atoms with van der Waals surface area (Å²) in [4.78, 5) is 5.05. The molecule has 0 atom stereocenters. The molecule has 4 nitrogen and oxygen atoms in total. The standard InChI is InChI=1S/C62H37BN2O2/c1-3-16-38(17-4-1)46-30-40-20-7-9-22-42(40)32-54(46)64-52-26-15-27-53-62(52)63(50-34-48-44-24-11-13-28-58(44)66-60(48)36-56(50)64)51-35-49-45-25-12-14-29-59(45)67-61(49)37-57(51)65(53)55-33-43-23-10-8-21-41(43)31-47(55)39-18-5-2-6-19-39/h1-37H. The van der Waals surface area contributed by atoms with Crippen molar-refractivity contribution in [3.05, 3.63) is 224 Å². The second-order valence-corrected chi connectivity index (χ2v) is 18.0. The fourth-order valence-corrected chi connectivity index (χ4v) is 11.4. The molecule has 0 unspecified atom stereocenters. The molecule has 2 aromatic heterocycles. The fourth-order valence-electron chi connectivity index (χ4n) is 11.4. The maximum absolute atomic E-state index is 6.77. The van der Waals surface area contributed by atoms with Crippen LogP contribution in [0.15, 0.2) is 233 Å². The zero-order chi connectivity index (χ0) is 43.7. The Bertz CT molecular complexity index is 3930. The first-order chi connectivity index (χ1) is 33.2. The summed E-state index contributed by atoms with van der Waals surface area (Å²) < 4.78 is 13.5. The van der Waals surface area contributed by atoms with Crippen molar-refractivity contribution in [3.8, 4) is 22.3 Å². The Labute approximate surface area is 386 Å². The van der Waals surface area contributed by atoms with Gasteiger partial charge in [-0.2, -0.15) is 0 Å². The van der Waals surface area contributed by atoms with Crippen molar-refractivity contribution < 1.29 is 8.83 Å². The van der Waals surface area contributed by atoms with E-state index < -0.39 is 0 Å². The third-order valence-electron chi connectivity index (χ3n) is 14.4. The number of hydrogen-bond acceptors (Lipinski definition) is 4. The summed E-state index contributed by atoms with van der Waals surface area (Å²) in [6.07, 6.45) is 0. The number of furan rings is 2. The van der Waals surface area contributed by atoms with E-state index in [2.05, 4.69) is 234 Å². The van der Waals surface area contributed by atoms with Crippen molar-refractivity contribution in [2.24, 2.45) is 0 Å². The number of nitrogens with zero attached hydrogens (tertiary/aromatic N) is 2. The van der Waals surface area contributed by atoms with E-state index in [1.54, 1.807) is 0 Å². The summed E-state index contributed by atoms with van der Waals surface area (Å²) in [7, 11) is 0. The second kappa shape index (κ2) is 13.9. The van der Waals surface area contributed by atoms with Crippen molar-refractivity contribution in [1.29, 1.82) is 0 Å². The third-order valence-corrected chi connectivity index (χ3v) is 14.4. The lowest BCUT2D eigenvalue weighted by atomic mass is 9.33. The molecular formula is C62H37BN2O2. The van der Waals surface area contributed by atoms with Crippen molar-refractivity contribution in [2.75, 3.05) is 9.80 Å². The lowest BCUT2D eigenvalue weighted by molar-refractivity contribution is 0.668. The average molecular weight is 853 g/mol. The van der Waals surface area contributed by atoms with Crippen molar-refractivity contribution >= 4 is 123 Å². The van der Waals surface area contributed by atoms with Crippen LogP contribution in [0.4, 0.5) is 34.1 Å². The first-order valence-corrected chi connectivity index (χ1v) is 23.0. The first-order valence-electron chi connectivity index (χ1n) is 23.0. The highest BCUT2D eigenvalue weighted by Gasteiger charge is 2.45. The second-order valence-electron chi connectivity index (χ2n) is 18.0. The molecule has 0 bridgehead atoms. The van der Waals surface area contributed by atoms with E-state index in [0.717, 1.165) is 100 Å². The topological polar surface area (TPSA) is 32.8 Å². The van der Waals surface area contributed by atoms with Gasteiger partial charge in [-0.25, -0.2) is 0 Å². The molecule has 0 aliphatic carbocycles. The van der Waals surface area contributed by atoms with E-state index in [1.807, 2.05) is 0 Å². The Kier molecular flexibility index (Phi) is 7.55. The molecule has 0 N–H and O–H groups in total. The summed E-state index contributed by atoms with van der Waals surface area (Å²) in [5, 5.41) is 9.20. The summed E-state index contributed by atoms with van der Waals surface area (Å²) in [6.45, 7) is -0.138. The summed E-state index contributed by atoms with van der Waals surface area (Å²) in [5.74, 6) is 0. The van der Waals surface area contributed by atoms with Gasteiger partial charge in [0.25, 0.3) is 6.71 Å². The number of para-hydroxylation sites is 2. The van der Waals surface area contributed by atoms with Crippen LogP contribution in [-0.2, 0) is 0 Å². The van der Waals surface area contributed by atoms with E-state index in [4.69, 9.17) is 8.83 Å². The summed E-state index contributed by atoms with van der Waals surface area (Å²) >= 11 is 0. The Morgan fingerprint density at radius 3 is 1.15 bits per heavy atom. The highest BCUT2D eigenvalue weighted by molar-refractivity contribution is 7.00. The van der Waals surface area contributed by atoms with Gasteiger partial charge in [-0.05, 0) is 97.6 Å².